The van der Waals surface area contributed by atoms with E-state index < -0.39 is 11.4 Å². The van der Waals surface area contributed by atoms with E-state index in [-0.39, 0.29) is 11.9 Å². The predicted octanol–water partition coefficient (Wildman–Crippen LogP) is -0.0809. The highest BCUT2D eigenvalue weighted by Crippen LogP contribution is 2.13. The topological polar surface area (TPSA) is 164 Å². The molecule has 1 heterocycles. The number of benzene rings is 1. The van der Waals surface area contributed by atoms with Gasteiger partial charge in [-0.2, -0.15) is 4.21 Å². The molecule has 2 aromatic rings. The van der Waals surface area contributed by atoms with Crippen molar-refractivity contribution in [2.45, 2.75) is 0 Å². The van der Waals surface area contributed by atoms with Crippen LogP contribution in [0.4, 0.5) is 0 Å². The maximum atomic E-state index is 11.8. The van der Waals surface area contributed by atoms with E-state index in [1.54, 1.807) is 12.3 Å². The second-order valence-electron chi connectivity index (χ2n) is 4.21. The lowest BCUT2D eigenvalue weighted by atomic mass is 10.1. The van der Waals surface area contributed by atoms with Crippen LogP contribution in [0.1, 0.15) is 10.5 Å². The highest BCUT2D eigenvalue weighted by molar-refractivity contribution is 7.73. The molecule has 0 fully saturated rings. The summed E-state index contributed by atoms with van der Waals surface area (Å²) in [6.45, 7) is 0.715. The van der Waals surface area contributed by atoms with Gasteiger partial charge < -0.3 is 16.8 Å². The Morgan fingerprint density at radius 1 is 1.26 bits per heavy atom. The SMILES string of the molecule is NC(N)=NCCNC(=O)c1cc2ccccc2cn1.O=S(O)O. The lowest BCUT2D eigenvalue weighted by Crippen LogP contribution is -2.29. The Balaban J connectivity index is 0.000000593. The van der Waals surface area contributed by atoms with Crippen molar-refractivity contribution in [1.82, 2.24) is 10.3 Å². The lowest BCUT2D eigenvalue weighted by molar-refractivity contribution is 0.0950. The molecule has 0 aliphatic carbocycles. The third-order valence-corrected chi connectivity index (χ3v) is 2.56. The van der Waals surface area contributed by atoms with Crippen LogP contribution in [-0.4, -0.2) is 43.3 Å². The highest BCUT2D eigenvalue weighted by atomic mass is 32.2. The van der Waals surface area contributed by atoms with Crippen LogP contribution in [0.2, 0.25) is 0 Å². The summed E-state index contributed by atoms with van der Waals surface area (Å²) < 4.78 is 22.8. The monoisotopic (exact) mass is 339 g/mol. The Hall–Kier alpha value is -2.56. The average molecular weight is 339 g/mol. The molecular formula is C13H17N5O4S. The summed E-state index contributed by atoms with van der Waals surface area (Å²) in [7, 11) is 0. The minimum absolute atomic E-state index is 0.0121. The molecule has 0 saturated carbocycles. The molecule has 0 atom stereocenters. The van der Waals surface area contributed by atoms with Crippen LogP contribution in [-0.2, 0) is 11.4 Å². The first-order valence-electron chi connectivity index (χ1n) is 6.38. The minimum atomic E-state index is -2.61. The fourth-order valence-corrected chi connectivity index (χ4v) is 1.65. The van der Waals surface area contributed by atoms with Gasteiger partial charge in [0.1, 0.15) is 5.69 Å². The maximum Gasteiger partial charge on any atom is 0.299 e. The Bertz CT molecular complexity index is 714. The minimum Gasteiger partial charge on any atom is -0.370 e. The van der Waals surface area contributed by atoms with Crippen LogP contribution >= 0.6 is 0 Å². The normalized spacial score (nSPS) is 9.87. The number of nitrogens with one attached hydrogen (secondary N) is 1. The molecule has 7 N–H and O–H groups in total. The van der Waals surface area contributed by atoms with E-state index in [4.69, 9.17) is 24.8 Å². The molecule has 23 heavy (non-hydrogen) atoms. The first-order valence-corrected chi connectivity index (χ1v) is 7.45. The average Bonchev–Trinajstić information content (AvgIpc) is 2.50. The number of pyridine rings is 1. The van der Waals surface area contributed by atoms with Crippen molar-refractivity contribution < 1.29 is 18.1 Å². The van der Waals surface area contributed by atoms with Crippen molar-refractivity contribution >= 4 is 34.0 Å². The number of rotatable bonds is 4. The summed E-state index contributed by atoms with van der Waals surface area (Å²) in [4.78, 5) is 19.7. The van der Waals surface area contributed by atoms with E-state index in [0.717, 1.165) is 10.8 Å². The number of guanidine groups is 1. The van der Waals surface area contributed by atoms with Crippen molar-refractivity contribution in [1.29, 1.82) is 0 Å². The van der Waals surface area contributed by atoms with Gasteiger partial charge in [0.15, 0.2) is 5.96 Å². The third kappa shape index (κ3) is 7.31. The van der Waals surface area contributed by atoms with Gasteiger partial charge in [-0.25, -0.2) is 0 Å². The molecule has 1 amide bonds. The molecule has 0 spiro atoms. The second kappa shape index (κ2) is 9.46. The number of nitrogens with two attached hydrogens (primary N) is 2. The molecule has 0 aliphatic heterocycles. The van der Waals surface area contributed by atoms with Gasteiger partial charge in [0.05, 0.1) is 6.54 Å². The summed E-state index contributed by atoms with van der Waals surface area (Å²) in [6, 6.07) is 9.49. The van der Waals surface area contributed by atoms with Gasteiger partial charge >= 0.3 is 0 Å². The van der Waals surface area contributed by atoms with Crippen molar-refractivity contribution in [3.8, 4) is 0 Å². The Morgan fingerprint density at radius 2 is 1.87 bits per heavy atom. The van der Waals surface area contributed by atoms with Crippen LogP contribution in [0.3, 0.4) is 0 Å². The molecule has 0 saturated heterocycles. The van der Waals surface area contributed by atoms with Gasteiger partial charge in [-0.05, 0) is 11.5 Å². The van der Waals surface area contributed by atoms with E-state index in [2.05, 4.69) is 15.3 Å². The zero-order valence-electron chi connectivity index (χ0n) is 12.0. The quantitative estimate of drug-likeness (QED) is 0.225. The molecule has 2 rings (SSSR count). The van der Waals surface area contributed by atoms with Gasteiger partial charge in [-0.1, -0.05) is 24.3 Å². The lowest BCUT2D eigenvalue weighted by Gasteiger charge is -2.04. The molecule has 0 unspecified atom stereocenters. The van der Waals surface area contributed by atoms with E-state index >= 15 is 0 Å². The standard InChI is InChI=1S/C13H15N5O.H2O3S/c14-13(15)17-6-5-16-12(19)11-7-9-3-1-2-4-10(9)8-18-11;1-4(2)3/h1-4,7-8H,5-6H2,(H,16,19)(H4,14,15,17);(H2,1,2,3). The van der Waals surface area contributed by atoms with Crippen molar-refractivity contribution in [2.24, 2.45) is 16.5 Å². The molecule has 10 heteroatoms. The molecule has 9 nitrogen and oxygen atoms in total. The number of fused-ring (bicyclic) bond motifs is 1. The van der Waals surface area contributed by atoms with Gasteiger partial charge in [-0.15, -0.1) is 0 Å². The maximum absolute atomic E-state index is 11.8. The van der Waals surface area contributed by atoms with E-state index in [1.165, 1.54) is 0 Å². The fourth-order valence-electron chi connectivity index (χ4n) is 1.65. The fraction of sp³-hybridized carbons (Fsp3) is 0.154. The van der Waals surface area contributed by atoms with Crippen LogP contribution < -0.4 is 16.8 Å². The van der Waals surface area contributed by atoms with E-state index in [1.807, 2.05) is 24.3 Å². The molecule has 0 aliphatic rings. The molecule has 1 aromatic heterocycles. The number of hydrogen-bond donors (Lipinski definition) is 5. The van der Waals surface area contributed by atoms with Crippen LogP contribution in [0.5, 0.6) is 0 Å². The summed E-state index contributed by atoms with van der Waals surface area (Å²) in [5, 5.41) is 4.68. The Labute approximate surface area is 134 Å². The van der Waals surface area contributed by atoms with Crippen molar-refractivity contribution in [2.75, 3.05) is 13.1 Å². The van der Waals surface area contributed by atoms with Gasteiger partial charge in [0, 0.05) is 18.1 Å². The first kappa shape index (κ1) is 18.5. The predicted molar refractivity (Wildman–Crippen MR) is 88.2 cm³/mol. The number of hydrogen-bond acceptors (Lipinski definition) is 4. The zero-order chi connectivity index (χ0) is 17.2. The number of nitrogens with zero attached hydrogens (tertiary/aromatic N) is 2. The third-order valence-electron chi connectivity index (χ3n) is 2.56. The Kier molecular flexibility index (Phi) is 7.60. The molecule has 1 aromatic carbocycles. The molecule has 0 bridgehead atoms. The summed E-state index contributed by atoms with van der Waals surface area (Å²) in [6.07, 6.45) is 1.68. The summed E-state index contributed by atoms with van der Waals surface area (Å²) in [5.74, 6) is -0.227. The van der Waals surface area contributed by atoms with Crippen LogP contribution in [0, 0.1) is 0 Å². The smallest absolute Gasteiger partial charge is 0.299 e. The number of aromatic nitrogens is 1. The summed E-state index contributed by atoms with van der Waals surface area (Å²) >= 11 is -2.61. The van der Waals surface area contributed by atoms with E-state index in [9.17, 15) is 4.79 Å². The number of aliphatic imine (C=N–C) groups is 1. The summed E-state index contributed by atoms with van der Waals surface area (Å²) in [5.41, 5.74) is 10.7. The van der Waals surface area contributed by atoms with E-state index in [0.29, 0.717) is 18.8 Å². The number of amides is 1. The molecule has 124 valence electrons. The largest absolute Gasteiger partial charge is 0.370 e. The van der Waals surface area contributed by atoms with Gasteiger partial charge in [0.25, 0.3) is 17.3 Å². The molecule has 0 radical (unpaired) electrons. The second-order valence-corrected chi connectivity index (χ2v) is 4.67. The van der Waals surface area contributed by atoms with Crippen LogP contribution in [0.25, 0.3) is 10.8 Å². The highest BCUT2D eigenvalue weighted by Gasteiger charge is 2.06. The van der Waals surface area contributed by atoms with Crippen LogP contribution in [0.15, 0.2) is 41.5 Å². The van der Waals surface area contributed by atoms with Crippen molar-refractivity contribution in [3.63, 3.8) is 0 Å². The van der Waals surface area contributed by atoms with Gasteiger partial charge in [0.2, 0.25) is 0 Å². The molecular weight excluding hydrogens is 322 g/mol. The van der Waals surface area contributed by atoms with Crippen molar-refractivity contribution in [3.05, 3.63) is 42.2 Å². The zero-order valence-corrected chi connectivity index (χ0v) is 12.9. The Morgan fingerprint density at radius 3 is 2.48 bits per heavy atom. The number of carbonyl (C=O) groups is 1. The number of carbonyl (C=O) groups excluding carboxylic acids is 1. The first-order chi connectivity index (χ1) is 10.9. The van der Waals surface area contributed by atoms with Gasteiger partial charge in [-0.3, -0.25) is 23.9 Å².